The summed E-state index contributed by atoms with van der Waals surface area (Å²) in [5.74, 6) is -1.55. The molecule has 2 aliphatic rings. The minimum atomic E-state index is -0.432. The van der Waals surface area contributed by atoms with Crippen LogP contribution in [0.1, 0.15) is 85.0 Å². The lowest BCUT2D eigenvalue weighted by Crippen LogP contribution is -2.30. The van der Waals surface area contributed by atoms with Crippen molar-refractivity contribution in [3.8, 4) is 0 Å². The first-order valence-corrected chi connectivity index (χ1v) is 11.4. The summed E-state index contributed by atoms with van der Waals surface area (Å²) < 4.78 is 5.20. The Balaban J connectivity index is 1.59. The Bertz CT molecular complexity index is 1090. The number of aryl methyl sites for hydroxylation is 1. The van der Waals surface area contributed by atoms with E-state index >= 15 is 0 Å². The van der Waals surface area contributed by atoms with E-state index in [9.17, 15) is 19.2 Å². The summed E-state index contributed by atoms with van der Waals surface area (Å²) in [6, 6.07) is 4.52. The standard InChI is InChI=1S/C23H24N2O5S/c1-3-5-11-25-21(27)14-10-9-13(12-16(14)22(25)28)19(26)24-20-18(23(29)30-4-2)15-7-6-8-17(15)31-20/h9-10,12H,3-8,11H2,1-2H3,(H,24,26). The quantitative estimate of drug-likeness (QED) is 0.518. The molecule has 1 aliphatic carbocycles. The smallest absolute Gasteiger partial charge is 0.341 e. The maximum Gasteiger partial charge on any atom is 0.341 e. The number of anilines is 1. The first kappa shape index (κ1) is 21.2. The number of imide groups is 1. The zero-order chi connectivity index (χ0) is 22.1. The topological polar surface area (TPSA) is 92.8 Å². The van der Waals surface area contributed by atoms with E-state index in [0.717, 1.165) is 42.5 Å². The molecule has 4 rings (SSSR count). The number of rotatable bonds is 7. The second-order valence-electron chi connectivity index (χ2n) is 7.61. The fraction of sp³-hybridized carbons (Fsp3) is 0.391. The van der Waals surface area contributed by atoms with Gasteiger partial charge in [-0.1, -0.05) is 13.3 Å². The molecule has 0 bridgehead atoms. The van der Waals surface area contributed by atoms with Crippen LogP contribution in [-0.2, 0) is 17.6 Å². The lowest BCUT2D eigenvalue weighted by molar-refractivity contribution is 0.0526. The van der Waals surface area contributed by atoms with Crippen molar-refractivity contribution in [2.45, 2.75) is 46.0 Å². The molecule has 0 fully saturated rings. The average Bonchev–Trinajstić information content (AvgIpc) is 3.39. The van der Waals surface area contributed by atoms with Crippen molar-refractivity contribution in [3.05, 3.63) is 50.9 Å². The average molecular weight is 441 g/mol. The molecule has 1 N–H and O–H groups in total. The summed E-state index contributed by atoms with van der Waals surface area (Å²) in [4.78, 5) is 53.0. The molecule has 0 spiro atoms. The van der Waals surface area contributed by atoms with Crippen LogP contribution in [0.15, 0.2) is 18.2 Å². The van der Waals surface area contributed by atoms with Gasteiger partial charge in [0.25, 0.3) is 17.7 Å². The molecule has 162 valence electrons. The summed E-state index contributed by atoms with van der Waals surface area (Å²) >= 11 is 1.40. The van der Waals surface area contributed by atoms with Crippen molar-refractivity contribution in [2.24, 2.45) is 0 Å². The number of fused-ring (bicyclic) bond motifs is 2. The second kappa shape index (κ2) is 8.63. The molecule has 0 atom stereocenters. The van der Waals surface area contributed by atoms with Crippen molar-refractivity contribution in [1.29, 1.82) is 0 Å². The zero-order valence-corrected chi connectivity index (χ0v) is 18.4. The zero-order valence-electron chi connectivity index (χ0n) is 17.6. The Morgan fingerprint density at radius 3 is 2.65 bits per heavy atom. The first-order chi connectivity index (χ1) is 15.0. The number of hydrogen-bond acceptors (Lipinski definition) is 6. The number of carbonyl (C=O) groups is 4. The molecule has 2 aromatic rings. The maximum absolute atomic E-state index is 12.9. The Hall–Kier alpha value is -3.00. The van der Waals surface area contributed by atoms with Crippen LogP contribution in [0.5, 0.6) is 0 Å². The van der Waals surface area contributed by atoms with Gasteiger partial charge in [0, 0.05) is 17.0 Å². The van der Waals surface area contributed by atoms with E-state index in [1.54, 1.807) is 6.92 Å². The van der Waals surface area contributed by atoms with Crippen molar-refractivity contribution < 1.29 is 23.9 Å². The third kappa shape index (κ3) is 3.76. The SMILES string of the molecule is CCCCN1C(=O)c2ccc(C(=O)Nc3sc4c(c3C(=O)OCC)CCC4)cc2C1=O. The number of benzene rings is 1. The number of ether oxygens (including phenoxy) is 1. The van der Waals surface area contributed by atoms with E-state index in [1.165, 1.54) is 34.4 Å². The van der Waals surface area contributed by atoms with Gasteiger partial charge in [0.1, 0.15) is 5.00 Å². The number of amides is 3. The first-order valence-electron chi connectivity index (χ1n) is 10.6. The minimum Gasteiger partial charge on any atom is -0.462 e. The van der Waals surface area contributed by atoms with Crippen molar-refractivity contribution in [2.75, 3.05) is 18.5 Å². The molecule has 0 radical (unpaired) electrons. The lowest BCUT2D eigenvalue weighted by atomic mass is 10.1. The van der Waals surface area contributed by atoms with Crippen LogP contribution < -0.4 is 5.32 Å². The fourth-order valence-corrected chi connectivity index (χ4v) is 5.31. The van der Waals surface area contributed by atoms with Gasteiger partial charge in [-0.25, -0.2) is 4.79 Å². The highest BCUT2D eigenvalue weighted by Gasteiger charge is 2.36. The Kier molecular flexibility index (Phi) is 5.91. The lowest BCUT2D eigenvalue weighted by Gasteiger charge is -2.12. The van der Waals surface area contributed by atoms with Crippen LogP contribution in [0.4, 0.5) is 5.00 Å². The molecule has 0 saturated heterocycles. The molecule has 0 saturated carbocycles. The summed E-state index contributed by atoms with van der Waals surface area (Å²) in [7, 11) is 0. The highest BCUT2D eigenvalue weighted by molar-refractivity contribution is 7.17. The summed E-state index contributed by atoms with van der Waals surface area (Å²) in [5.41, 5.74) is 2.22. The Morgan fingerprint density at radius 1 is 1.13 bits per heavy atom. The van der Waals surface area contributed by atoms with Gasteiger partial charge in [-0.3, -0.25) is 19.3 Å². The fourth-order valence-electron chi connectivity index (χ4n) is 4.04. The molecule has 1 aliphatic heterocycles. The molecular formula is C23H24N2O5S. The third-order valence-electron chi connectivity index (χ3n) is 5.60. The molecule has 8 heteroatoms. The van der Waals surface area contributed by atoms with Gasteiger partial charge in [-0.15, -0.1) is 11.3 Å². The van der Waals surface area contributed by atoms with Crippen LogP contribution in [0, 0.1) is 0 Å². The van der Waals surface area contributed by atoms with E-state index in [0.29, 0.717) is 22.7 Å². The van der Waals surface area contributed by atoms with Gasteiger partial charge >= 0.3 is 5.97 Å². The Labute approximate surface area is 184 Å². The number of esters is 1. The maximum atomic E-state index is 12.9. The summed E-state index contributed by atoms with van der Waals surface area (Å²) in [6.07, 6.45) is 4.26. The van der Waals surface area contributed by atoms with Crippen LogP contribution in [-0.4, -0.2) is 41.7 Å². The summed E-state index contributed by atoms with van der Waals surface area (Å²) in [5, 5.41) is 3.30. The molecule has 1 aromatic carbocycles. The largest absolute Gasteiger partial charge is 0.462 e. The molecule has 31 heavy (non-hydrogen) atoms. The molecule has 2 heterocycles. The number of unbranched alkanes of at least 4 members (excludes halogenated alkanes) is 1. The van der Waals surface area contributed by atoms with Gasteiger partial charge in [0.05, 0.1) is 23.3 Å². The van der Waals surface area contributed by atoms with E-state index in [1.807, 2.05) is 6.92 Å². The van der Waals surface area contributed by atoms with Crippen LogP contribution in [0.2, 0.25) is 0 Å². The van der Waals surface area contributed by atoms with Crippen molar-refractivity contribution in [3.63, 3.8) is 0 Å². The van der Waals surface area contributed by atoms with Gasteiger partial charge in [-0.05, 0) is 56.4 Å². The van der Waals surface area contributed by atoms with Crippen LogP contribution in [0.25, 0.3) is 0 Å². The highest BCUT2D eigenvalue weighted by Crippen LogP contribution is 2.39. The van der Waals surface area contributed by atoms with Gasteiger partial charge < -0.3 is 10.1 Å². The number of nitrogens with zero attached hydrogens (tertiary/aromatic N) is 1. The van der Waals surface area contributed by atoms with E-state index in [-0.39, 0.29) is 29.5 Å². The van der Waals surface area contributed by atoms with E-state index in [4.69, 9.17) is 4.74 Å². The normalized spacial score (nSPS) is 14.6. The van der Waals surface area contributed by atoms with Crippen LogP contribution >= 0.6 is 11.3 Å². The molecular weight excluding hydrogens is 416 g/mol. The number of nitrogens with one attached hydrogen (secondary N) is 1. The van der Waals surface area contributed by atoms with Crippen molar-refractivity contribution in [1.82, 2.24) is 4.90 Å². The van der Waals surface area contributed by atoms with E-state index in [2.05, 4.69) is 5.32 Å². The molecule has 3 amide bonds. The minimum absolute atomic E-state index is 0.244. The Morgan fingerprint density at radius 2 is 1.90 bits per heavy atom. The summed E-state index contributed by atoms with van der Waals surface area (Å²) in [6.45, 7) is 4.36. The monoisotopic (exact) mass is 440 g/mol. The number of carbonyl (C=O) groups excluding carboxylic acids is 4. The third-order valence-corrected chi connectivity index (χ3v) is 6.80. The van der Waals surface area contributed by atoms with Crippen LogP contribution in [0.3, 0.4) is 0 Å². The van der Waals surface area contributed by atoms with Gasteiger partial charge in [0.15, 0.2) is 0 Å². The van der Waals surface area contributed by atoms with E-state index < -0.39 is 11.9 Å². The second-order valence-corrected chi connectivity index (χ2v) is 8.72. The molecule has 0 unspecified atom stereocenters. The predicted octanol–water partition coefficient (Wildman–Crippen LogP) is 4.06. The van der Waals surface area contributed by atoms with Gasteiger partial charge in [0.2, 0.25) is 0 Å². The molecule has 7 nitrogen and oxygen atoms in total. The van der Waals surface area contributed by atoms with Gasteiger partial charge in [-0.2, -0.15) is 0 Å². The number of thiophene rings is 1. The van der Waals surface area contributed by atoms with Crippen molar-refractivity contribution >= 4 is 40.0 Å². The highest BCUT2D eigenvalue weighted by atomic mass is 32.1. The number of hydrogen-bond donors (Lipinski definition) is 1. The molecule has 1 aromatic heterocycles. The predicted molar refractivity (Wildman–Crippen MR) is 117 cm³/mol.